The molecule has 1 rings (SSSR count). The van der Waals surface area contributed by atoms with Crippen molar-refractivity contribution in [1.82, 2.24) is 4.98 Å². The van der Waals surface area contributed by atoms with Crippen LogP contribution in [0.25, 0.3) is 5.57 Å². The lowest BCUT2D eigenvalue weighted by Gasteiger charge is -2.08. The fourth-order valence-corrected chi connectivity index (χ4v) is 1.23. The van der Waals surface area contributed by atoms with Gasteiger partial charge in [-0.05, 0) is 30.5 Å². The second-order valence-electron chi connectivity index (χ2n) is 3.12. The van der Waals surface area contributed by atoms with Crippen LogP contribution in [0.1, 0.15) is 25.0 Å². The number of pyridine rings is 1. The largest absolute Gasteiger partial charge is 0.373 e. The van der Waals surface area contributed by atoms with Crippen molar-refractivity contribution in [3.63, 3.8) is 0 Å². The van der Waals surface area contributed by atoms with E-state index in [0.717, 1.165) is 23.4 Å². The lowest BCUT2D eigenvalue weighted by atomic mass is 10.1. The maximum Gasteiger partial charge on any atom is 0.133 e. The molecule has 0 fully saturated rings. The molecule has 0 bridgehead atoms. The van der Waals surface area contributed by atoms with Crippen LogP contribution in [0, 0.1) is 0 Å². The Morgan fingerprint density at radius 3 is 2.77 bits per heavy atom. The van der Waals surface area contributed by atoms with Gasteiger partial charge < -0.3 is 5.32 Å². The van der Waals surface area contributed by atoms with Crippen LogP contribution in [0.2, 0.25) is 0 Å². The van der Waals surface area contributed by atoms with Crippen LogP contribution in [-0.2, 0) is 6.42 Å². The van der Waals surface area contributed by atoms with Gasteiger partial charge in [0.15, 0.2) is 0 Å². The first kappa shape index (κ1) is 9.78. The van der Waals surface area contributed by atoms with E-state index in [9.17, 15) is 0 Å². The molecule has 2 heteroatoms. The van der Waals surface area contributed by atoms with Gasteiger partial charge in [-0.25, -0.2) is 4.98 Å². The number of rotatable bonds is 3. The number of hydrogen-bond acceptors (Lipinski definition) is 2. The Labute approximate surface area is 79.7 Å². The summed E-state index contributed by atoms with van der Waals surface area (Å²) in [7, 11) is 1.88. The molecule has 0 saturated carbocycles. The average molecular weight is 176 g/mol. The molecule has 0 spiro atoms. The van der Waals surface area contributed by atoms with Crippen LogP contribution in [-0.4, -0.2) is 12.0 Å². The summed E-state index contributed by atoms with van der Waals surface area (Å²) in [5, 5.41) is 3.06. The van der Waals surface area contributed by atoms with Gasteiger partial charge in [-0.15, -0.1) is 0 Å². The van der Waals surface area contributed by atoms with Gasteiger partial charge in [0.1, 0.15) is 5.82 Å². The number of nitrogens with zero attached hydrogens (tertiary/aromatic N) is 1. The predicted molar refractivity (Wildman–Crippen MR) is 57.9 cm³/mol. The summed E-state index contributed by atoms with van der Waals surface area (Å²) < 4.78 is 0. The molecule has 0 aliphatic heterocycles. The van der Waals surface area contributed by atoms with Crippen LogP contribution >= 0.6 is 0 Å². The van der Waals surface area contributed by atoms with E-state index in [1.165, 1.54) is 5.56 Å². The van der Waals surface area contributed by atoms with E-state index < -0.39 is 0 Å². The Balaban J connectivity index is 3.18. The van der Waals surface area contributed by atoms with Gasteiger partial charge in [0.2, 0.25) is 0 Å². The predicted octanol–water partition coefficient (Wildman–Crippen LogP) is 2.72. The standard InChI is InChI=1S/C11H16N2/c1-5-9-6-10(8(2)3)11(12-4)13-7-9/h6-7H,2,5H2,1,3-4H3,(H,12,13). The SMILES string of the molecule is C=C(C)c1cc(CC)cnc1NC. The number of aryl methyl sites for hydroxylation is 1. The van der Waals surface area contributed by atoms with Crippen LogP contribution < -0.4 is 5.32 Å². The molecule has 0 aliphatic rings. The highest BCUT2D eigenvalue weighted by Gasteiger charge is 2.03. The molecule has 13 heavy (non-hydrogen) atoms. The van der Waals surface area contributed by atoms with Crippen molar-refractivity contribution >= 4 is 11.4 Å². The zero-order valence-electron chi connectivity index (χ0n) is 8.52. The van der Waals surface area contributed by atoms with Crippen molar-refractivity contribution in [2.45, 2.75) is 20.3 Å². The molecule has 70 valence electrons. The second kappa shape index (κ2) is 4.08. The van der Waals surface area contributed by atoms with Gasteiger partial charge in [0.05, 0.1) is 0 Å². The van der Waals surface area contributed by atoms with Crippen LogP contribution in [0.3, 0.4) is 0 Å². The molecule has 0 radical (unpaired) electrons. The fraction of sp³-hybridized carbons (Fsp3) is 0.364. The molecule has 0 atom stereocenters. The van der Waals surface area contributed by atoms with E-state index in [2.05, 4.69) is 29.9 Å². The summed E-state index contributed by atoms with van der Waals surface area (Å²) in [6.07, 6.45) is 2.91. The molecule has 2 nitrogen and oxygen atoms in total. The van der Waals surface area contributed by atoms with Crippen molar-refractivity contribution in [3.05, 3.63) is 30.0 Å². The summed E-state index contributed by atoms with van der Waals surface area (Å²) in [5.41, 5.74) is 3.41. The van der Waals surface area contributed by atoms with E-state index in [4.69, 9.17) is 0 Å². The maximum absolute atomic E-state index is 4.32. The third kappa shape index (κ3) is 2.08. The average Bonchev–Trinajstić information content (AvgIpc) is 2.16. The van der Waals surface area contributed by atoms with E-state index in [-0.39, 0.29) is 0 Å². The number of nitrogens with one attached hydrogen (secondary N) is 1. The zero-order valence-corrected chi connectivity index (χ0v) is 8.52. The summed E-state index contributed by atoms with van der Waals surface area (Å²) >= 11 is 0. The van der Waals surface area contributed by atoms with Crippen molar-refractivity contribution < 1.29 is 0 Å². The van der Waals surface area contributed by atoms with Gasteiger partial charge in [-0.1, -0.05) is 13.5 Å². The molecular weight excluding hydrogens is 160 g/mol. The molecule has 0 aromatic carbocycles. The minimum atomic E-state index is 0.907. The highest BCUT2D eigenvalue weighted by molar-refractivity contribution is 5.71. The van der Waals surface area contributed by atoms with Crippen molar-refractivity contribution in [2.24, 2.45) is 0 Å². The molecule has 0 aliphatic carbocycles. The Bertz CT molecular complexity index is 316. The Kier molecular flexibility index (Phi) is 3.07. The molecule has 0 saturated heterocycles. The molecule has 0 unspecified atom stereocenters. The summed E-state index contributed by atoms with van der Waals surface area (Å²) in [6.45, 7) is 8.05. The summed E-state index contributed by atoms with van der Waals surface area (Å²) in [4.78, 5) is 4.32. The molecule has 0 amide bonds. The van der Waals surface area contributed by atoms with Gasteiger partial charge in [0, 0.05) is 18.8 Å². The van der Waals surface area contributed by atoms with Crippen LogP contribution in [0.5, 0.6) is 0 Å². The summed E-state index contributed by atoms with van der Waals surface area (Å²) in [5.74, 6) is 0.907. The number of anilines is 1. The Morgan fingerprint density at radius 2 is 2.31 bits per heavy atom. The van der Waals surface area contributed by atoms with Crippen molar-refractivity contribution in [3.8, 4) is 0 Å². The molecule has 1 N–H and O–H groups in total. The first-order chi connectivity index (χ1) is 6.19. The number of aromatic nitrogens is 1. The molecule has 1 heterocycles. The van der Waals surface area contributed by atoms with Crippen LogP contribution in [0.15, 0.2) is 18.8 Å². The van der Waals surface area contributed by atoms with Gasteiger partial charge in [-0.2, -0.15) is 0 Å². The third-order valence-electron chi connectivity index (χ3n) is 2.05. The van der Waals surface area contributed by atoms with E-state index in [1.54, 1.807) is 0 Å². The Morgan fingerprint density at radius 1 is 1.62 bits per heavy atom. The maximum atomic E-state index is 4.32. The van der Waals surface area contributed by atoms with Crippen molar-refractivity contribution in [1.29, 1.82) is 0 Å². The van der Waals surface area contributed by atoms with Crippen LogP contribution in [0.4, 0.5) is 5.82 Å². The van der Waals surface area contributed by atoms with Gasteiger partial charge in [0.25, 0.3) is 0 Å². The molecule has 1 aromatic rings. The number of hydrogen-bond donors (Lipinski definition) is 1. The lowest BCUT2D eigenvalue weighted by Crippen LogP contribution is -1.98. The minimum Gasteiger partial charge on any atom is -0.373 e. The van der Waals surface area contributed by atoms with Gasteiger partial charge >= 0.3 is 0 Å². The molecule has 1 aromatic heterocycles. The minimum absolute atomic E-state index is 0.907. The monoisotopic (exact) mass is 176 g/mol. The van der Waals surface area contributed by atoms with E-state index >= 15 is 0 Å². The first-order valence-corrected chi connectivity index (χ1v) is 4.51. The number of allylic oxidation sites excluding steroid dienone is 1. The quantitative estimate of drug-likeness (QED) is 0.766. The highest BCUT2D eigenvalue weighted by atomic mass is 15.0. The smallest absolute Gasteiger partial charge is 0.133 e. The summed E-state index contributed by atoms with van der Waals surface area (Å²) in [6, 6.07) is 2.14. The molecular formula is C11H16N2. The highest BCUT2D eigenvalue weighted by Crippen LogP contribution is 2.20. The lowest BCUT2D eigenvalue weighted by molar-refractivity contribution is 1.10. The van der Waals surface area contributed by atoms with Crippen molar-refractivity contribution in [2.75, 3.05) is 12.4 Å². The fourth-order valence-electron chi connectivity index (χ4n) is 1.23. The first-order valence-electron chi connectivity index (χ1n) is 4.51. The van der Waals surface area contributed by atoms with Gasteiger partial charge in [-0.3, -0.25) is 0 Å². The van der Waals surface area contributed by atoms with E-state index in [1.807, 2.05) is 20.2 Å². The Hall–Kier alpha value is -1.31. The normalized spacial score (nSPS) is 9.77. The third-order valence-corrected chi connectivity index (χ3v) is 2.05. The zero-order chi connectivity index (χ0) is 9.84. The topological polar surface area (TPSA) is 24.9 Å². The second-order valence-corrected chi connectivity index (χ2v) is 3.12. The van der Waals surface area contributed by atoms with E-state index in [0.29, 0.717) is 0 Å².